The van der Waals surface area contributed by atoms with Gasteiger partial charge in [-0.3, -0.25) is 0 Å². The summed E-state index contributed by atoms with van der Waals surface area (Å²) in [5, 5.41) is 2.09. The first-order valence-corrected chi connectivity index (χ1v) is 14.3. The fourth-order valence-electron chi connectivity index (χ4n) is 5.71. The molecular formula is C39H25N3O. The molecule has 6 aromatic carbocycles. The summed E-state index contributed by atoms with van der Waals surface area (Å²) in [6, 6.07) is 51.5. The first-order valence-electron chi connectivity index (χ1n) is 14.3. The molecule has 0 N–H and O–H groups in total. The smallest absolute Gasteiger partial charge is 0.167 e. The third kappa shape index (κ3) is 4.46. The first-order chi connectivity index (χ1) is 21.3. The molecule has 2 heterocycles. The van der Waals surface area contributed by atoms with Gasteiger partial charge in [0.1, 0.15) is 11.2 Å². The Balaban J connectivity index is 1.43. The van der Waals surface area contributed by atoms with Crippen molar-refractivity contribution in [3.63, 3.8) is 0 Å². The van der Waals surface area contributed by atoms with Gasteiger partial charge in [-0.1, -0.05) is 140 Å². The minimum Gasteiger partial charge on any atom is -0.455 e. The molecule has 0 bridgehead atoms. The van der Waals surface area contributed by atoms with Crippen LogP contribution in [0.1, 0.15) is 0 Å². The van der Waals surface area contributed by atoms with Gasteiger partial charge < -0.3 is 4.42 Å². The fourth-order valence-corrected chi connectivity index (χ4v) is 5.71. The molecule has 0 saturated carbocycles. The van der Waals surface area contributed by atoms with Crippen molar-refractivity contribution in [2.45, 2.75) is 0 Å². The van der Waals surface area contributed by atoms with E-state index in [0.29, 0.717) is 17.5 Å². The molecule has 0 aliphatic heterocycles. The summed E-state index contributed by atoms with van der Waals surface area (Å²) >= 11 is 0. The number of para-hydroxylation sites is 1. The minimum atomic E-state index is 0.569. The monoisotopic (exact) mass is 551 g/mol. The summed E-state index contributed by atoms with van der Waals surface area (Å²) < 4.78 is 6.88. The minimum absolute atomic E-state index is 0.569. The van der Waals surface area contributed by atoms with Gasteiger partial charge in [-0.2, -0.15) is 0 Å². The summed E-state index contributed by atoms with van der Waals surface area (Å²) in [6.07, 6.45) is 0. The second-order valence-corrected chi connectivity index (χ2v) is 10.4. The van der Waals surface area contributed by atoms with Gasteiger partial charge in [-0.05, 0) is 28.8 Å². The predicted molar refractivity (Wildman–Crippen MR) is 174 cm³/mol. The number of hydrogen-bond acceptors (Lipinski definition) is 4. The highest BCUT2D eigenvalue weighted by Crippen LogP contribution is 2.44. The predicted octanol–water partition coefficient (Wildman–Crippen LogP) is 10.1. The number of benzene rings is 6. The van der Waals surface area contributed by atoms with Crippen molar-refractivity contribution in [2.75, 3.05) is 0 Å². The molecule has 4 nitrogen and oxygen atoms in total. The van der Waals surface area contributed by atoms with Crippen LogP contribution in [0.2, 0.25) is 0 Å². The van der Waals surface area contributed by atoms with Gasteiger partial charge in [0.25, 0.3) is 0 Å². The van der Waals surface area contributed by atoms with E-state index in [4.69, 9.17) is 19.4 Å². The summed E-state index contributed by atoms with van der Waals surface area (Å²) in [5.41, 5.74) is 8.68. The van der Waals surface area contributed by atoms with E-state index in [1.807, 2.05) is 78.9 Å². The maximum Gasteiger partial charge on any atom is 0.167 e. The second kappa shape index (κ2) is 10.5. The van der Waals surface area contributed by atoms with Crippen LogP contribution in [-0.2, 0) is 0 Å². The summed E-state index contributed by atoms with van der Waals surface area (Å²) in [6.45, 7) is 0. The third-order valence-corrected chi connectivity index (χ3v) is 7.76. The third-order valence-electron chi connectivity index (χ3n) is 7.76. The van der Waals surface area contributed by atoms with Gasteiger partial charge in [-0.15, -0.1) is 0 Å². The van der Waals surface area contributed by atoms with Crippen LogP contribution in [0, 0.1) is 0 Å². The van der Waals surface area contributed by atoms with E-state index in [-0.39, 0.29) is 0 Å². The van der Waals surface area contributed by atoms with Crippen molar-refractivity contribution in [1.82, 2.24) is 15.0 Å². The molecule has 43 heavy (non-hydrogen) atoms. The van der Waals surface area contributed by atoms with Crippen molar-refractivity contribution < 1.29 is 4.42 Å². The Labute approximate surface area is 249 Å². The number of nitrogens with zero attached hydrogens (tertiary/aromatic N) is 3. The van der Waals surface area contributed by atoms with Gasteiger partial charge in [0, 0.05) is 27.5 Å². The molecule has 8 rings (SSSR count). The van der Waals surface area contributed by atoms with Gasteiger partial charge in [0.2, 0.25) is 0 Å². The lowest BCUT2D eigenvalue weighted by Gasteiger charge is -2.09. The average Bonchev–Trinajstić information content (AvgIpc) is 3.49. The van der Waals surface area contributed by atoms with Crippen LogP contribution in [0.3, 0.4) is 0 Å². The van der Waals surface area contributed by atoms with Crippen molar-refractivity contribution >= 4 is 21.9 Å². The zero-order valence-electron chi connectivity index (χ0n) is 23.2. The zero-order valence-corrected chi connectivity index (χ0v) is 23.2. The van der Waals surface area contributed by atoms with Crippen LogP contribution in [-0.4, -0.2) is 15.0 Å². The Morgan fingerprint density at radius 1 is 0.326 bits per heavy atom. The molecule has 0 aliphatic carbocycles. The Hall–Kier alpha value is -5.87. The lowest BCUT2D eigenvalue weighted by molar-refractivity contribution is 0.670. The van der Waals surface area contributed by atoms with Gasteiger partial charge in [0.15, 0.2) is 17.5 Å². The molecule has 0 unspecified atom stereocenters. The Morgan fingerprint density at radius 2 is 0.791 bits per heavy atom. The Kier molecular flexibility index (Phi) is 6.08. The van der Waals surface area contributed by atoms with E-state index in [0.717, 1.165) is 60.9 Å². The lowest BCUT2D eigenvalue weighted by atomic mass is 9.94. The number of rotatable bonds is 5. The SMILES string of the molecule is c1ccc(-c2nc(-c3ccccc3)nc(-c3cccc4c3oc3c(-c5ccccc5)ccc(-c5ccccc5)c34)n2)cc1. The van der Waals surface area contributed by atoms with Gasteiger partial charge in [-0.25, -0.2) is 15.0 Å². The quantitative estimate of drug-likeness (QED) is 0.214. The van der Waals surface area contributed by atoms with E-state index in [1.54, 1.807) is 0 Å². The molecule has 8 aromatic rings. The van der Waals surface area contributed by atoms with Crippen LogP contribution >= 0.6 is 0 Å². The van der Waals surface area contributed by atoms with Crippen LogP contribution < -0.4 is 0 Å². The molecule has 0 radical (unpaired) electrons. The maximum atomic E-state index is 6.88. The van der Waals surface area contributed by atoms with Crippen molar-refractivity contribution in [1.29, 1.82) is 0 Å². The lowest BCUT2D eigenvalue weighted by Crippen LogP contribution is -2.00. The molecule has 0 spiro atoms. The Morgan fingerprint density at radius 3 is 1.35 bits per heavy atom. The van der Waals surface area contributed by atoms with E-state index in [1.165, 1.54) is 0 Å². The van der Waals surface area contributed by atoms with Crippen molar-refractivity contribution in [3.8, 4) is 56.4 Å². The normalized spacial score (nSPS) is 11.3. The molecule has 4 heteroatoms. The van der Waals surface area contributed by atoms with Crippen LogP contribution in [0.25, 0.3) is 78.4 Å². The number of furan rings is 1. The highest BCUT2D eigenvalue weighted by Gasteiger charge is 2.21. The van der Waals surface area contributed by atoms with Crippen LogP contribution in [0.4, 0.5) is 0 Å². The standard InChI is InChI=1S/C39H25N3O/c1-5-14-26(15-6-1)30-24-25-31(27-16-7-2-8-17-27)36-34(30)32-22-13-23-33(35(32)43-36)39-41-37(28-18-9-3-10-19-28)40-38(42-39)29-20-11-4-12-21-29/h1-25H. The Bertz CT molecular complexity index is 2150. The number of aromatic nitrogens is 3. The van der Waals surface area contributed by atoms with Crippen molar-refractivity contribution in [3.05, 3.63) is 152 Å². The van der Waals surface area contributed by atoms with Crippen molar-refractivity contribution in [2.24, 2.45) is 0 Å². The molecule has 202 valence electrons. The number of hydrogen-bond donors (Lipinski definition) is 0. The van der Waals surface area contributed by atoms with E-state index in [9.17, 15) is 0 Å². The molecule has 2 aromatic heterocycles. The molecule has 0 saturated heterocycles. The first kappa shape index (κ1) is 24.9. The summed E-state index contributed by atoms with van der Waals surface area (Å²) in [4.78, 5) is 14.9. The average molecular weight is 552 g/mol. The highest BCUT2D eigenvalue weighted by atomic mass is 16.3. The zero-order chi connectivity index (χ0) is 28.6. The molecule has 0 aliphatic rings. The van der Waals surface area contributed by atoms with E-state index < -0.39 is 0 Å². The van der Waals surface area contributed by atoms with Crippen LogP contribution in [0.15, 0.2) is 156 Å². The van der Waals surface area contributed by atoms with Gasteiger partial charge in [0.05, 0.1) is 5.56 Å². The molecular weight excluding hydrogens is 526 g/mol. The molecule has 0 fully saturated rings. The molecule has 0 amide bonds. The summed E-state index contributed by atoms with van der Waals surface area (Å²) in [7, 11) is 0. The maximum absolute atomic E-state index is 6.88. The largest absolute Gasteiger partial charge is 0.455 e. The summed E-state index contributed by atoms with van der Waals surface area (Å²) in [5.74, 6) is 1.81. The second-order valence-electron chi connectivity index (χ2n) is 10.4. The van der Waals surface area contributed by atoms with E-state index >= 15 is 0 Å². The highest BCUT2D eigenvalue weighted by molar-refractivity contribution is 6.18. The fraction of sp³-hybridized carbons (Fsp3) is 0. The molecule has 0 atom stereocenters. The number of fused-ring (bicyclic) bond motifs is 3. The van der Waals surface area contributed by atoms with Gasteiger partial charge >= 0.3 is 0 Å². The topological polar surface area (TPSA) is 51.8 Å². The van der Waals surface area contributed by atoms with E-state index in [2.05, 4.69) is 72.8 Å². The van der Waals surface area contributed by atoms with Crippen LogP contribution in [0.5, 0.6) is 0 Å².